The fourth-order valence-electron chi connectivity index (χ4n) is 5.58. The van der Waals surface area contributed by atoms with E-state index < -0.39 is 90.5 Å². The van der Waals surface area contributed by atoms with Crippen molar-refractivity contribution in [2.75, 3.05) is 37.8 Å². The molecular weight excluding hydrogens is 899 g/mol. The van der Waals surface area contributed by atoms with Crippen molar-refractivity contribution in [3.05, 3.63) is 24.8 Å². The maximum absolute atomic E-state index is 12.7. The third-order valence-electron chi connectivity index (χ3n) is 8.82. The molecule has 1 aliphatic rings. The topological polar surface area (TPSA) is 401 Å². The molecule has 1 saturated heterocycles. The molecule has 0 bridgehead atoms. The first kappa shape index (κ1) is 52.1. The number of nitrogens with zero attached hydrogens (tertiary/aromatic N) is 4. The Hall–Kier alpha value is -3.23. The Morgan fingerprint density at radius 3 is 2.36 bits per heavy atom. The molecule has 3 heterocycles. The number of phosphoric acid groups is 3. The van der Waals surface area contributed by atoms with Gasteiger partial charge in [-0.15, -0.1) is 0 Å². The van der Waals surface area contributed by atoms with Gasteiger partial charge in [0.05, 0.1) is 19.5 Å². The number of aromatic nitrogens is 4. The van der Waals surface area contributed by atoms with Gasteiger partial charge in [0.1, 0.15) is 36.3 Å². The van der Waals surface area contributed by atoms with E-state index in [0.29, 0.717) is 12.8 Å². The second kappa shape index (κ2) is 22.4. The molecule has 0 aliphatic carbocycles. The monoisotopic (exact) mass is 949 g/mol. The smallest absolute Gasteiger partial charge is 0.481 e. The van der Waals surface area contributed by atoms with E-state index in [2.05, 4.69) is 41.0 Å². The molecule has 3 unspecified atom stereocenters. The first-order valence-corrected chi connectivity index (χ1v) is 23.6. The van der Waals surface area contributed by atoms with Crippen molar-refractivity contribution in [3.63, 3.8) is 0 Å². The lowest BCUT2D eigenvalue weighted by molar-refractivity contribution is -0.137. The normalized spacial score (nSPS) is 21.3. The number of allylic oxidation sites excluding steroid dienone is 1. The van der Waals surface area contributed by atoms with Crippen molar-refractivity contribution in [2.24, 2.45) is 11.3 Å². The number of imidazole rings is 1. The van der Waals surface area contributed by atoms with Crippen molar-refractivity contribution in [1.82, 2.24) is 30.2 Å². The van der Waals surface area contributed by atoms with E-state index in [-0.39, 0.29) is 66.1 Å². The number of nitrogen functional groups attached to an aromatic ring is 1. The number of carboxylic acid groups (broad SMARTS) is 1. The molecular formula is C31H50N7O19P3S. The van der Waals surface area contributed by atoms with Gasteiger partial charge in [-0.2, -0.15) is 4.31 Å². The molecule has 0 spiro atoms. The van der Waals surface area contributed by atoms with Gasteiger partial charge in [-0.05, 0) is 25.7 Å². The first-order valence-electron chi connectivity index (χ1n) is 18.1. The van der Waals surface area contributed by atoms with Gasteiger partial charge in [-0.1, -0.05) is 37.8 Å². The molecule has 344 valence electrons. The largest absolute Gasteiger partial charge is 0.481 e. The highest BCUT2D eigenvalue weighted by molar-refractivity contribution is 8.13. The summed E-state index contributed by atoms with van der Waals surface area (Å²) in [5, 5.41) is 35.1. The molecule has 26 nitrogen and oxygen atoms in total. The lowest BCUT2D eigenvalue weighted by Gasteiger charge is -2.30. The molecule has 30 heteroatoms. The number of fused-ring (bicyclic) bond motifs is 1. The molecule has 0 aromatic carbocycles. The van der Waals surface area contributed by atoms with Gasteiger partial charge in [0.15, 0.2) is 22.8 Å². The molecule has 8 atom stereocenters. The summed E-state index contributed by atoms with van der Waals surface area (Å²) in [4.78, 5) is 99.0. The highest BCUT2D eigenvalue weighted by atomic mass is 32.2. The maximum atomic E-state index is 12.7. The number of carboxylic acids is 1. The summed E-state index contributed by atoms with van der Waals surface area (Å²) in [6.07, 6.45) is -5.98. The molecule has 1 fully saturated rings. The van der Waals surface area contributed by atoms with Gasteiger partial charge < -0.3 is 56.0 Å². The van der Waals surface area contributed by atoms with Gasteiger partial charge in [-0.3, -0.25) is 37.3 Å². The van der Waals surface area contributed by atoms with Crippen molar-refractivity contribution in [3.8, 4) is 0 Å². The van der Waals surface area contributed by atoms with Gasteiger partial charge in [0.25, 0.3) is 0 Å². The predicted octanol–water partition coefficient (Wildman–Crippen LogP) is 0.502. The van der Waals surface area contributed by atoms with Crippen LogP contribution in [0.15, 0.2) is 24.8 Å². The average molecular weight is 950 g/mol. The van der Waals surface area contributed by atoms with Gasteiger partial charge in [0, 0.05) is 43.5 Å². The number of nitrogens with one attached hydrogen (secondary N) is 2. The molecule has 61 heavy (non-hydrogen) atoms. The fraction of sp³-hybridized carbons (Fsp3) is 0.645. The molecule has 0 saturated carbocycles. The summed E-state index contributed by atoms with van der Waals surface area (Å²) < 4.78 is 62.2. The minimum absolute atomic E-state index is 0.0109. The third-order valence-corrected chi connectivity index (χ3v) is 12.8. The van der Waals surface area contributed by atoms with Crippen LogP contribution in [0.5, 0.6) is 0 Å². The second-order valence-electron chi connectivity index (χ2n) is 14.3. The number of hydrogen-bond acceptors (Lipinski definition) is 19. The van der Waals surface area contributed by atoms with E-state index in [1.54, 1.807) is 6.92 Å². The number of hydrogen-bond donors (Lipinski definition) is 10. The third kappa shape index (κ3) is 16.8. The Labute approximate surface area is 352 Å². The van der Waals surface area contributed by atoms with Crippen LogP contribution in [-0.4, -0.2) is 134 Å². The van der Waals surface area contributed by atoms with E-state index in [4.69, 9.17) is 24.6 Å². The summed E-state index contributed by atoms with van der Waals surface area (Å²) >= 11 is 0.998. The van der Waals surface area contributed by atoms with Crippen molar-refractivity contribution < 1.29 is 90.4 Å². The number of rotatable bonds is 26. The Kier molecular flexibility index (Phi) is 19.1. The van der Waals surface area contributed by atoms with Crippen LogP contribution in [0.1, 0.15) is 59.1 Å². The van der Waals surface area contributed by atoms with Crippen LogP contribution in [-0.2, 0) is 55.5 Å². The first-order chi connectivity index (χ1) is 28.2. The number of carbonyl (C=O) groups is 4. The van der Waals surface area contributed by atoms with Crippen molar-refractivity contribution in [2.45, 2.75) is 83.5 Å². The molecule has 1 aliphatic heterocycles. The molecule has 0 radical (unpaired) electrons. The summed E-state index contributed by atoms with van der Waals surface area (Å²) in [6, 6.07) is 0. The predicted molar refractivity (Wildman–Crippen MR) is 212 cm³/mol. The zero-order valence-corrected chi connectivity index (χ0v) is 36.5. The Bertz CT molecular complexity index is 2040. The van der Waals surface area contributed by atoms with Gasteiger partial charge >= 0.3 is 29.4 Å². The van der Waals surface area contributed by atoms with Crippen LogP contribution >= 0.6 is 35.2 Å². The van der Waals surface area contributed by atoms with Crippen LogP contribution < -0.4 is 16.4 Å². The second-order valence-corrected chi connectivity index (χ2v) is 19.7. The number of nitrogens with two attached hydrogens (primary N) is 1. The summed E-state index contributed by atoms with van der Waals surface area (Å²) in [5.74, 6) is -2.37. The molecule has 2 aromatic heterocycles. The Morgan fingerprint density at radius 2 is 1.72 bits per heavy atom. The van der Waals surface area contributed by atoms with Crippen molar-refractivity contribution in [1.29, 1.82) is 0 Å². The zero-order chi connectivity index (χ0) is 45.9. The van der Waals surface area contributed by atoms with E-state index in [1.807, 2.05) is 0 Å². The number of aliphatic hydroxyl groups is 2. The number of ether oxygens (including phenoxy) is 1. The molecule has 3 rings (SSSR count). The highest BCUT2D eigenvalue weighted by Gasteiger charge is 2.50. The van der Waals surface area contributed by atoms with E-state index in [0.717, 1.165) is 34.6 Å². The number of phosphoric ester groups is 3. The standard InChI is InChI=1S/C31H50N7O19P3S/c1-17(2)18(6-5-7-21(40)41)12-22(42)61-11-10-33-20(39)8-9-34-29(45)26(44)31(3,4)14-54-60(51,52)57-59(49,50)53-13-19-25(56-58(46,47)48)24(43)30(55-19)38-16-37-23-27(32)35-15-36-28(23)38/h15-16,18-19,24-26,30,43-44H,1,5-14H2,2-4H3,(H,33,39)(H,34,45)(H,40,41)(H,49,50)(H,51,52)(H2,32,35,36)(H2,46,47,48)/t18?,19-,24-,25-,26+,30-/m1/s1. The van der Waals surface area contributed by atoms with Gasteiger partial charge in [0.2, 0.25) is 11.8 Å². The van der Waals surface area contributed by atoms with E-state index in [1.165, 1.54) is 13.8 Å². The van der Waals surface area contributed by atoms with Crippen LogP contribution in [0.4, 0.5) is 5.82 Å². The molecule has 2 aromatic rings. The Balaban J connectivity index is 1.44. The molecule has 11 N–H and O–H groups in total. The highest BCUT2D eigenvalue weighted by Crippen LogP contribution is 2.61. The number of anilines is 1. The summed E-state index contributed by atoms with van der Waals surface area (Å²) in [5.41, 5.74) is 4.98. The van der Waals surface area contributed by atoms with E-state index in [9.17, 15) is 62.7 Å². The zero-order valence-electron chi connectivity index (χ0n) is 33.0. The van der Waals surface area contributed by atoms with Crippen LogP contribution in [0, 0.1) is 11.3 Å². The number of thioether (sulfide) groups is 1. The fourth-order valence-corrected chi connectivity index (χ4v) is 9.16. The number of aliphatic hydroxyl groups excluding tert-OH is 2. The van der Waals surface area contributed by atoms with Crippen molar-refractivity contribution >= 4 is 75.1 Å². The van der Waals surface area contributed by atoms with E-state index >= 15 is 0 Å². The number of carbonyl (C=O) groups excluding carboxylic acids is 3. The molecule has 2 amide bonds. The number of aliphatic carboxylic acids is 1. The summed E-state index contributed by atoms with van der Waals surface area (Å²) in [7, 11) is -16.5. The van der Waals surface area contributed by atoms with Crippen LogP contribution in [0.3, 0.4) is 0 Å². The van der Waals surface area contributed by atoms with Crippen LogP contribution in [0.25, 0.3) is 11.2 Å². The minimum atomic E-state index is -5.59. The average Bonchev–Trinajstić information content (AvgIpc) is 3.70. The quantitative estimate of drug-likeness (QED) is 0.0349. The SMILES string of the molecule is C=C(C)C(CCCC(=O)O)CC(=O)SCCNC(=O)CCNC(=O)[C@H](O)C(C)(C)COP(=O)(O)OP(=O)(O)OC[C@H]1O[C@@H](n2cnc3c(N)ncnc32)[C@H](O)[C@@H]1OP(=O)(O)O. The minimum Gasteiger partial charge on any atom is -0.481 e. The lowest BCUT2D eigenvalue weighted by atomic mass is 9.87. The maximum Gasteiger partial charge on any atom is 0.481 e. The lowest BCUT2D eigenvalue weighted by Crippen LogP contribution is -2.46. The number of amides is 2. The summed E-state index contributed by atoms with van der Waals surface area (Å²) in [6.45, 7) is 5.93. The van der Waals surface area contributed by atoms with Gasteiger partial charge in [-0.25, -0.2) is 28.6 Å². The Morgan fingerprint density at radius 1 is 1.05 bits per heavy atom. The van der Waals surface area contributed by atoms with Crippen LogP contribution in [0.2, 0.25) is 0 Å².